The molecule has 2 aromatic heterocycles. The van der Waals surface area contributed by atoms with E-state index in [1.807, 2.05) is 13.0 Å². The van der Waals surface area contributed by atoms with Gasteiger partial charge in [-0.25, -0.2) is 9.97 Å². The average molecular weight is 356 g/mol. The molecule has 138 valence electrons. The third kappa shape index (κ3) is 3.84. The number of amides is 1. The molecule has 0 spiro atoms. The smallest absolute Gasteiger partial charge is 0.246 e. The van der Waals surface area contributed by atoms with E-state index in [0.717, 1.165) is 49.4 Å². The molecule has 2 fully saturated rings. The molecule has 1 N–H and O–H groups in total. The molecule has 1 unspecified atom stereocenters. The summed E-state index contributed by atoms with van der Waals surface area (Å²) < 4.78 is 5.18. The summed E-state index contributed by atoms with van der Waals surface area (Å²) in [6.07, 6.45) is 5.06. The molecule has 1 saturated carbocycles. The van der Waals surface area contributed by atoms with Gasteiger partial charge < -0.3 is 14.7 Å². The fourth-order valence-electron chi connectivity index (χ4n) is 3.33. The molecule has 1 aliphatic heterocycles. The lowest BCUT2D eigenvalue weighted by molar-refractivity contribution is -0.132. The number of hydrogen-bond donors (Lipinski definition) is 1. The van der Waals surface area contributed by atoms with Crippen LogP contribution in [0.5, 0.6) is 0 Å². The molecule has 26 heavy (non-hydrogen) atoms. The van der Waals surface area contributed by atoms with Crippen LogP contribution in [0, 0.1) is 13.8 Å². The van der Waals surface area contributed by atoms with Crippen molar-refractivity contribution in [1.82, 2.24) is 25.0 Å². The lowest BCUT2D eigenvalue weighted by atomic mass is 10.1. The maximum absolute atomic E-state index is 13.0. The highest BCUT2D eigenvalue weighted by Crippen LogP contribution is 2.38. The Balaban J connectivity index is 1.49. The Morgan fingerprint density at radius 2 is 2.04 bits per heavy atom. The van der Waals surface area contributed by atoms with Gasteiger partial charge in [0.25, 0.3) is 0 Å². The molecule has 8 nitrogen and oxygen atoms in total. The first-order valence-corrected chi connectivity index (χ1v) is 9.28. The van der Waals surface area contributed by atoms with E-state index in [-0.39, 0.29) is 11.9 Å². The molecule has 4 rings (SSSR count). The third-order valence-electron chi connectivity index (χ3n) is 4.81. The quantitative estimate of drug-likeness (QED) is 0.878. The summed E-state index contributed by atoms with van der Waals surface area (Å²) in [5, 5.41) is 7.15. The first-order valence-electron chi connectivity index (χ1n) is 9.28. The number of likely N-dealkylation sites (tertiary alicyclic amines) is 1. The number of rotatable bonds is 5. The molecule has 2 aliphatic rings. The van der Waals surface area contributed by atoms with Gasteiger partial charge in [0.2, 0.25) is 11.8 Å². The van der Waals surface area contributed by atoms with Crippen molar-refractivity contribution in [3.8, 4) is 0 Å². The Labute approximate surface area is 152 Å². The van der Waals surface area contributed by atoms with Crippen LogP contribution in [0.3, 0.4) is 0 Å². The number of aromatic nitrogens is 4. The predicted octanol–water partition coefficient (Wildman–Crippen LogP) is 2.35. The number of nitrogens with one attached hydrogen (secondary N) is 1. The fourth-order valence-corrected chi connectivity index (χ4v) is 3.33. The van der Waals surface area contributed by atoms with Crippen molar-refractivity contribution >= 4 is 11.7 Å². The fraction of sp³-hybridized carbons (Fsp3) is 0.611. The van der Waals surface area contributed by atoms with E-state index in [9.17, 15) is 4.79 Å². The minimum atomic E-state index is -0.289. The van der Waals surface area contributed by atoms with Crippen molar-refractivity contribution < 1.29 is 9.32 Å². The van der Waals surface area contributed by atoms with Crippen LogP contribution in [0.25, 0.3) is 0 Å². The summed E-state index contributed by atoms with van der Waals surface area (Å²) in [6, 6.07) is 1.62. The van der Waals surface area contributed by atoms with Crippen molar-refractivity contribution in [1.29, 1.82) is 0 Å². The second-order valence-corrected chi connectivity index (χ2v) is 7.21. The monoisotopic (exact) mass is 356 g/mol. The van der Waals surface area contributed by atoms with Gasteiger partial charge in [0.05, 0.1) is 0 Å². The first-order chi connectivity index (χ1) is 12.6. The van der Waals surface area contributed by atoms with Gasteiger partial charge in [-0.2, -0.15) is 4.98 Å². The molecule has 1 saturated heterocycles. The van der Waals surface area contributed by atoms with E-state index in [0.29, 0.717) is 30.7 Å². The van der Waals surface area contributed by atoms with Crippen LogP contribution in [0.2, 0.25) is 0 Å². The van der Waals surface area contributed by atoms with Crippen molar-refractivity contribution in [3.63, 3.8) is 0 Å². The van der Waals surface area contributed by atoms with Crippen LogP contribution in [0.15, 0.2) is 10.6 Å². The number of nitrogens with zero attached hydrogens (tertiary/aromatic N) is 5. The zero-order valence-electron chi connectivity index (χ0n) is 15.2. The van der Waals surface area contributed by atoms with Crippen molar-refractivity contribution in [2.75, 3.05) is 11.9 Å². The number of carbonyl (C=O) groups excluding carboxylic acids is 1. The summed E-state index contributed by atoms with van der Waals surface area (Å²) in [5.41, 5.74) is 0.934. The topological polar surface area (TPSA) is 97.0 Å². The Morgan fingerprint density at radius 1 is 1.19 bits per heavy atom. The van der Waals surface area contributed by atoms with Crippen LogP contribution in [0.1, 0.15) is 61.3 Å². The molecule has 3 heterocycles. The maximum Gasteiger partial charge on any atom is 0.246 e. The molecular weight excluding hydrogens is 332 g/mol. The van der Waals surface area contributed by atoms with Crippen LogP contribution in [-0.2, 0) is 11.3 Å². The molecule has 0 bridgehead atoms. The Morgan fingerprint density at radius 3 is 2.77 bits per heavy atom. The van der Waals surface area contributed by atoms with Crippen LogP contribution >= 0.6 is 0 Å². The lowest BCUT2D eigenvalue weighted by Crippen LogP contribution is -2.41. The van der Waals surface area contributed by atoms with Crippen LogP contribution < -0.4 is 5.32 Å². The van der Waals surface area contributed by atoms with Crippen LogP contribution in [0.4, 0.5) is 5.82 Å². The molecule has 2 aromatic rings. The average Bonchev–Trinajstić information content (AvgIpc) is 3.39. The van der Waals surface area contributed by atoms with E-state index < -0.39 is 0 Å². The molecule has 8 heteroatoms. The number of carbonyl (C=O) groups is 1. The summed E-state index contributed by atoms with van der Waals surface area (Å²) in [7, 11) is 0. The zero-order chi connectivity index (χ0) is 18.1. The highest BCUT2D eigenvalue weighted by Gasteiger charge is 2.30. The Bertz CT molecular complexity index is 801. The van der Waals surface area contributed by atoms with Crippen molar-refractivity contribution in [2.24, 2.45) is 0 Å². The summed E-state index contributed by atoms with van der Waals surface area (Å²) in [4.78, 5) is 28.2. The van der Waals surface area contributed by atoms with Crippen LogP contribution in [-0.4, -0.2) is 43.5 Å². The summed E-state index contributed by atoms with van der Waals surface area (Å²) >= 11 is 0. The van der Waals surface area contributed by atoms with Gasteiger partial charge in [-0.15, -0.1) is 0 Å². The zero-order valence-corrected chi connectivity index (χ0v) is 15.2. The first kappa shape index (κ1) is 16.9. The van der Waals surface area contributed by atoms with Gasteiger partial charge in [0.15, 0.2) is 5.82 Å². The second-order valence-electron chi connectivity index (χ2n) is 7.21. The lowest BCUT2D eigenvalue weighted by Gasteiger charge is -2.24. The van der Waals surface area contributed by atoms with E-state index in [1.54, 1.807) is 11.8 Å². The van der Waals surface area contributed by atoms with E-state index in [4.69, 9.17) is 4.52 Å². The normalized spacial score (nSPS) is 20.9. The third-order valence-corrected chi connectivity index (χ3v) is 4.81. The largest absolute Gasteiger partial charge is 0.358 e. The second kappa shape index (κ2) is 7.01. The summed E-state index contributed by atoms with van der Waals surface area (Å²) in [5.74, 6) is 3.24. The molecule has 0 radical (unpaired) electrons. The molecule has 0 aromatic carbocycles. The number of anilines is 1. The van der Waals surface area contributed by atoms with E-state index in [2.05, 4.69) is 25.4 Å². The van der Waals surface area contributed by atoms with E-state index in [1.165, 1.54) is 0 Å². The van der Waals surface area contributed by atoms with Crippen molar-refractivity contribution in [2.45, 2.75) is 64.5 Å². The van der Waals surface area contributed by atoms with Gasteiger partial charge >= 0.3 is 0 Å². The minimum absolute atomic E-state index is 0.0580. The van der Waals surface area contributed by atoms with Gasteiger partial charge in [-0.1, -0.05) is 5.16 Å². The highest BCUT2D eigenvalue weighted by molar-refractivity contribution is 5.84. The molecular formula is C18H24N6O2. The highest BCUT2D eigenvalue weighted by atomic mass is 16.5. The Kier molecular flexibility index (Phi) is 4.57. The predicted molar refractivity (Wildman–Crippen MR) is 94.5 cm³/mol. The molecule has 1 aliphatic carbocycles. The summed E-state index contributed by atoms with van der Waals surface area (Å²) in [6.45, 7) is 4.80. The number of hydrogen-bond acceptors (Lipinski definition) is 7. The standard InChI is InChI=1S/C18H24N6O2/c1-11-9-15(22-17(19-11)13-6-7-13)21-14-5-3-4-8-24(18(14)25)10-16-20-12(2)23-26-16/h9,13-14H,3-8,10H2,1-2H3,(H,19,21,22). The van der Waals surface area contributed by atoms with Gasteiger partial charge in [0.1, 0.15) is 24.2 Å². The maximum atomic E-state index is 13.0. The number of aryl methyl sites for hydroxylation is 2. The Hall–Kier alpha value is -2.51. The molecule has 1 amide bonds. The molecule has 1 atom stereocenters. The van der Waals surface area contributed by atoms with Gasteiger partial charge in [-0.3, -0.25) is 4.79 Å². The van der Waals surface area contributed by atoms with Crippen molar-refractivity contribution in [3.05, 3.63) is 29.3 Å². The SMILES string of the molecule is Cc1cc(NC2CCCCN(Cc3nc(C)no3)C2=O)nc(C2CC2)n1. The van der Waals surface area contributed by atoms with Gasteiger partial charge in [0, 0.05) is 24.2 Å². The van der Waals surface area contributed by atoms with Gasteiger partial charge in [-0.05, 0) is 46.0 Å². The van der Waals surface area contributed by atoms with E-state index >= 15 is 0 Å². The minimum Gasteiger partial charge on any atom is -0.358 e.